The normalized spacial score (nSPS) is 9.92. The van der Waals surface area contributed by atoms with Crippen molar-refractivity contribution < 1.29 is 13.9 Å². The number of carbonyl (C=O) groups is 1. The zero-order chi connectivity index (χ0) is 17.6. The summed E-state index contributed by atoms with van der Waals surface area (Å²) in [7, 11) is 0. The Hall–Kier alpha value is -3.72. The Morgan fingerprint density at radius 2 is 1.92 bits per heavy atom. The number of benzene rings is 2. The number of carbonyl (C=O) groups excluding carboxylic acids is 1. The van der Waals surface area contributed by atoms with Gasteiger partial charge in [0.25, 0.3) is 5.91 Å². The smallest absolute Gasteiger partial charge is 0.261 e. The van der Waals surface area contributed by atoms with Crippen LogP contribution in [0.1, 0.15) is 15.9 Å². The first kappa shape index (κ1) is 16.1. The van der Waals surface area contributed by atoms with Crippen molar-refractivity contribution in [3.8, 4) is 17.7 Å². The number of amides is 1. The molecule has 0 aliphatic heterocycles. The molecule has 0 saturated carbocycles. The first-order valence-electron chi connectivity index (χ1n) is 7.35. The van der Waals surface area contributed by atoms with Crippen LogP contribution >= 0.6 is 0 Å². The fourth-order valence-corrected chi connectivity index (χ4v) is 2.12. The molecule has 0 aliphatic rings. The largest absolute Gasteiger partial charge is 0.438 e. The summed E-state index contributed by atoms with van der Waals surface area (Å²) in [6.07, 6.45) is 1.50. The van der Waals surface area contributed by atoms with Gasteiger partial charge in [-0.25, -0.2) is 9.37 Å². The molecule has 0 saturated heterocycles. The van der Waals surface area contributed by atoms with Crippen molar-refractivity contribution in [3.63, 3.8) is 0 Å². The maximum Gasteiger partial charge on any atom is 0.261 e. The molecule has 6 heteroatoms. The average molecular weight is 333 g/mol. The fraction of sp³-hybridized carbons (Fsp3) is 0. The van der Waals surface area contributed by atoms with Crippen molar-refractivity contribution in [3.05, 3.63) is 83.8 Å². The highest BCUT2D eigenvalue weighted by Crippen LogP contribution is 2.24. The minimum absolute atomic E-state index is 0.109. The molecular weight excluding hydrogens is 321 g/mol. The Bertz CT molecular complexity index is 949. The van der Waals surface area contributed by atoms with Crippen molar-refractivity contribution in [2.45, 2.75) is 0 Å². The number of anilines is 1. The lowest BCUT2D eigenvalue weighted by atomic mass is 10.2. The average Bonchev–Trinajstić information content (AvgIpc) is 2.64. The first-order valence-corrected chi connectivity index (χ1v) is 7.35. The molecule has 3 rings (SSSR count). The molecule has 2 aromatic carbocycles. The number of aromatic nitrogens is 1. The summed E-state index contributed by atoms with van der Waals surface area (Å²) in [6.45, 7) is 0. The van der Waals surface area contributed by atoms with Crippen molar-refractivity contribution in [2.24, 2.45) is 0 Å². The fourth-order valence-electron chi connectivity index (χ4n) is 2.12. The van der Waals surface area contributed by atoms with E-state index in [1.807, 2.05) is 6.07 Å². The molecular formula is C19H12FN3O2. The van der Waals surface area contributed by atoms with Crippen LogP contribution in [0.4, 0.5) is 10.1 Å². The zero-order valence-corrected chi connectivity index (χ0v) is 12.9. The summed E-state index contributed by atoms with van der Waals surface area (Å²) < 4.78 is 18.6. The zero-order valence-electron chi connectivity index (χ0n) is 12.9. The molecule has 0 atom stereocenters. The summed E-state index contributed by atoms with van der Waals surface area (Å²) in [5, 5.41) is 11.6. The molecule has 0 fully saturated rings. The van der Waals surface area contributed by atoms with Crippen LogP contribution in [-0.2, 0) is 0 Å². The number of nitrogens with zero attached hydrogens (tertiary/aromatic N) is 2. The molecule has 25 heavy (non-hydrogen) atoms. The highest BCUT2D eigenvalue weighted by Gasteiger charge is 2.15. The van der Waals surface area contributed by atoms with Crippen LogP contribution in [-0.4, -0.2) is 10.9 Å². The van der Waals surface area contributed by atoms with Crippen LogP contribution in [0.3, 0.4) is 0 Å². The maximum atomic E-state index is 12.9. The van der Waals surface area contributed by atoms with Gasteiger partial charge in [0.15, 0.2) is 0 Å². The van der Waals surface area contributed by atoms with Crippen LogP contribution in [0.2, 0.25) is 0 Å². The number of rotatable bonds is 4. The third-order valence-corrected chi connectivity index (χ3v) is 3.30. The number of ether oxygens (including phenoxy) is 1. The number of pyridine rings is 1. The van der Waals surface area contributed by atoms with Gasteiger partial charge in [0.1, 0.15) is 17.1 Å². The predicted molar refractivity (Wildman–Crippen MR) is 89.8 cm³/mol. The van der Waals surface area contributed by atoms with Gasteiger partial charge in [-0.05, 0) is 54.6 Å². The highest BCUT2D eigenvalue weighted by molar-refractivity contribution is 6.05. The van der Waals surface area contributed by atoms with Gasteiger partial charge in [0.05, 0.1) is 11.6 Å². The molecule has 1 amide bonds. The van der Waals surface area contributed by atoms with E-state index >= 15 is 0 Å². The van der Waals surface area contributed by atoms with Gasteiger partial charge < -0.3 is 10.1 Å². The summed E-state index contributed by atoms with van der Waals surface area (Å²) in [6, 6.07) is 17.2. The molecule has 0 aliphatic carbocycles. The van der Waals surface area contributed by atoms with Gasteiger partial charge in [0.2, 0.25) is 5.88 Å². The molecule has 3 aromatic rings. The summed E-state index contributed by atoms with van der Waals surface area (Å²) >= 11 is 0. The summed E-state index contributed by atoms with van der Waals surface area (Å²) in [4.78, 5) is 16.5. The SMILES string of the molecule is N#Cc1cccc(Oc2ncccc2C(=O)Nc2ccc(F)cc2)c1. The number of nitrogens with one attached hydrogen (secondary N) is 1. The van der Waals surface area contributed by atoms with E-state index < -0.39 is 5.91 Å². The van der Waals surface area contributed by atoms with Crippen LogP contribution in [0, 0.1) is 17.1 Å². The lowest BCUT2D eigenvalue weighted by molar-refractivity contribution is 0.102. The second-order valence-electron chi connectivity index (χ2n) is 5.06. The topological polar surface area (TPSA) is 75.0 Å². The van der Waals surface area contributed by atoms with E-state index in [1.54, 1.807) is 36.4 Å². The second kappa shape index (κ2) is 7.23. The molecule has 0 radical (unpaired) electrons. The molecule has 1 aromatic heterocycles. The maximum absolute atomic E-state index is 12.9. The lowest BCUT2D eigenvalue weighted by Gasteiger charge is -2.10. The quantitative estimate of drug-likeness (QED) is 0.779. The van der Waals surface area contributed by atoms with Crippen LogP contribution in [0.25, 0.3) is 0 Å². The molecule has 0 unspecified atom stereocenters. The van der Waals surface area contributed by atoms with Crippen molar-refractivity contribution in [1.82, 2.24) is 4.98 Å². The third-order valence-electron chi connectivity index (χ3n) is 3.30. The molecule has 1 heterocycles. The van der Waals surface area contributed by atoms with E-state index in [4.69, 9.17) is 10.00 Å². The van der Waals surface area contributed by atoms with Crippen LogP contribution in [0.5, 0.6) is 11.6 Å². The Balaban J connectivity index is 1.83. The molecule has 0 bridgehead atoms. The lowest BCUT2D eigenvalue weighted by Crippen LogP contribution is -2.13. The van der Waals surface area contributed by atoms with E-state index in [9.17, 15) is 9.18 Å². The first-order chi connectivity index (χ1) is 12.2. The monoisotopic (exact) mass is 333 g/mol. The van der Waals surface area contributed by atoms with E-state index in [0.717, 1.165) is 0 Å². The Morgan fingerprint density at radius 1 is 1.12 bits per heavy atom. The summed E-state index contributed by atoms with van der Waals surface area (Å²) in [5.41, 5.74) is 1.10. The minimum atomic E-state index is -0.439. The van der Waals surface area contributed by atoms with Gasteiger partial charge in [-0.2, -0.15) is 5.26 Å². The Kier molecular flexibility index (Phi) is 4.67. The predicted octanol–water partition coefficient (Wildman–Crippen LogP) is 4.14. The van der Waals surface area contributed by atoms with E-state index in [0.29, 0.717) is 17.0 Å². The van der Waals surface area contributed by atoms with Crippen LogP contribution < -0.4 is 10.1 Å². The van der Waals surface area contributed by atoms with Crippen LogP contribution in [0.15, 0.2) is 66.9 Å². The van der Waals surface area contributed by atoms with Crippen molar-refractivity contribution in [2.75, 3.05) is 5.32 Å². The van der Waals surface area contributed by atoms with Crippen molar-refractivity contribution >= 4 is 11.6 Å². The number of nitriles is 1. The number of hydrogen-bond acceptors (Lipinski definition) is 4. The van der Waals surface area contributed by atoms with E-state index in [-0.39, 0.29) is 17.3 Å². The van der Waals surface area contributed by atoms with Gasteiger partial charge in [-0.15, -0.1) is 0 Å². The number of hydrogen-bond donors (Lipinski definition) is 1. The van der Waals surface area contributed by atoms with Gasteiger partial charge in [-0.1, -0.05) is 6.07 Å². The molecule has 5 nitrogen and oxygen atoms in total. The molecule has 1 N–H and O–H groups in total. The Labute approximate surface area is 143 Å². The molecule has 0 spiro atoms. The molecule has 122 valence electrons. The highest BCUT2D eigenvalue weighted by atomic mass is 19.1. The van der Waals surface area contributed by atoms with E-state index in [2.05, 4.69) is 10.3 Å². The minimum Gasteiger partial charge on any atom is -0.438 e. The third kappa shape index (κ3) is 3.98. The van der Waals surface area contributed by atoms with Gasteiger partial charge in [-0.3, -0.25) is 4.79 Å². The van der Waals surface area contributed by atoms with Gasteiger partial charge in [0, 0.05) is 11.9 Å². The second-order valence-corrected chi connectivity index (χ2v) is 5.06. The number of halogens is 1. The van der Waals surface area contributed by atoms with E-state index in [1.165, 1.54) is 30.5 Å². The van der Waals surface area contributed by atoms with Gasteiger partial charge >= 0.3 is 0 Å². The summed E-state index contributed by atoms with van der Waals surface area (Å²) in [5.74, 6) is -0.322. The Morgan fingerprint density at radius 3 is 2.68 bits per heavy atom. The standard InChI is InChI=1S/C19H12FN3O2/c20-14-6-8-15(9-7-14)23-18(24)17-5-2-10-22-19(17)25-16-4-1-3-13(11-16)12-21/h1-11H,(H,23,24). The van der Waals surface area contributed by atoms with Crippen molar-refractivity contribution in [1.29, 1.82) is 5.26 Å².